The summed E-state index contributed by atoms with van der Waals surface area (Å²) in [6.45, 7) is 0.475. The number of nitrogens with zero attached hydrogens (tertiary/aromatic N) is 2. The molecule has 0 saturated heterocycles. The minimum Gasteiger partial charge on any atom is -0.336 e. The Bertz CT molecular complexity index is 907. The maximum atomic E-state index is 12.8. The van der Waals surface area contributed by atoms with Gasteiger partial charge in [0.25, 0.3) is 5.56 Å². The van der Waals surface area contributed by atoms with Gasteiger partial charge >= 0.3 is 6.03 Å². The predicted octanol–water partition coefficient (Wildman–Crippen LogP) is 2.93. The molecule has 0 radical (unpaired) electrons. The summed E-state index contributed by atoms with van der Waals surface area (Å²) in [5, 5.41) is 11.5. The van der Waals surface area contributed by atoms with Gasteiger partial charge in [0, 0.05) is 18.3 Å². The lowest BCUT2D eigenvalue weighted by molar-refractivity contribution is 0.251. The molecule has 0 saturated carbocycles. The van der Waals surface area contributed by atoms with E-state index in [4.69, 9.17) is 0 Å². The number of hydrogen-bond acceptors (Lipinski definition) is 4. The summed E-state index contributed by atoms with van der Waals surface area (Å²) in [6.07, 6.45) is 0. The van der Waals surface area contributed by atoms with Gasteiger partial charge in [-0.25, -0.2) is 13.9 Å². The summed E-state index contributed by atoms with van der Waals surface area (Å²) in [6, 6.07) is 12.0. The van der Waals surface area contributed by atoms with Crippen LogP contribution in [0, 0.1) is 5.82 Å². The fourth-order valence-corrected chi connectivity index (χ4v) is 2.84. The Morgan fingerprint density at radius 1 is 1.16 bits per heavy atom. The standard InChI is InChI=1S/C17H15FN4O2S/c18-12-3-5-13(6-4-12)20-17(24)19-9-10-22-16(23)8-7-14(21-22)15-2-1-11-25-15/h1-8,11H,9-10H2,(H2,19,20,24). The molecule has 0 unspecified atom stereocenters. The smallest absolute Gasteiger partial charge is 0.319 e. The fraction of sp³-hybridized carbons (Fsp3) is 0.118. The number of anilines is 1. The molecular formula is C17H15FN4O2S. The maximum absolute atomic E-state index is 12.8. The van der Waals surface area contributed by atoms with Crippen LogP contribution in [-0.4, -0.2) is 22.4 Å². The van der Waals surface area contributed by atoms with Gasteiger partial charge in [-0.3, -0.25) is 4.79 Å². The maximum Gasteiger partial charge on any atom is 0.319 e. The number of amides is 2. The molecular weight excluding hydrogens is 343 g/mol. The second-order valence-corrected chi connectivity index (χ2v) is 6.09. The fourth-order valence-electron chi connectivity index (χ4n) is 2.15. The summed E-state index contributed by atoms with van der Waals surface area (Å²) >= 11 is 1.54. The molecule has 6 nitrogen and oxygen atoms in total. The summed E-state index contributed by atoms with van der Waals surface area (Å²) in [5.74, 6) is -0.373. The summed E-state index contributed by atoms with van der Waals surface area (Å²) in [5.41, 5.74) is 0.959. The van der Waals surface area contributed by atoms with Crippen LogP contribution in [0.25, 0.3) is 10.6 Å². The molecule has 2 N–H and O–H groups in total. The zero-order chi connectivity index (χ0) is 17.6. The molecule has 1 aromatic carbocycles. The molecule has 0 spiro atoms. The van der Waals surface area contributed by atoms with Crippen LogP contribution in [0.4, 0.5) is 14.9 Å². The van der Waals surface area contributed by atoms with Crippen LogP contribution < -0.4 is 16.2 Å². The average Bonchev–Trinajstić information content (AvgIpc) is 3.13. The highest BCUT2D eigenvalue weighted by molar-refractivity contribution is 7.13. The molecule has 0 atom stereocenters. The van der Waals surface area contributed by atoms with E-state index in [0.717, 1.165) is 4.88 Å². The summed E-state index contributed by atoms with van der Waals surface area (Å²) in [4.78, 5) is 24.7. The average molecular weight is 358 g/mol. The normalized spacial score (nSPS) is 10.4. The first-order chi connectivity index (χ1) is 12.1. The number of halogens is 1. The van der Waals surface area contributed by atoms with Gasteiger partial charge in [-0.1, -0.05) is 6.07 Å². The Morgan fingerprint density at radius 2 is 1.96 bits per heavy atom. The Balaban J connectivity index is 1.56. The van der Waals surface area contributed by atoms with Crippen LogP contribution in [0.1, 0.15) is 0 Å². The van der Waals surface area contributed by atoms with E-state index in [-0.39, 0.29) is 24.5 Å². The van der Waals surface area contributed by atoms with Crippen molar-refractivity contribution in [3.8, 4) is 10.6 Å². The molecule has 25 heavy (non-hydrogen) atoms. The van der Waals surface area contributed by atoms with Gasteiger partial charge in [0.05, 0.1) is 11.4 Å². The second kappa shape index (κ2) is 7.71. The first-order valence-electron chi connectivity index (χ1n) is 7.54. The topological polar surface area (TPSA) is 76.0 Å². The number of aromatic nitrogens is 2. The number of carbonyl (C=O) groups is 1. The number of thiophene rings is 1. The summed E-state index contributed by atoms with van der Waals surface area (Å²) in [7, 11) is 0. The largest absolute Gasteiger partial charge is 0.336 e. The molecule has 8 heteroatoms. The Morgan fingerprint density at radius 3 is 2.68 bits per heavy atom. The van der Waals surface area contributed by atoms with Crippen molar-refractivity contribution in [2.45, 2.75) is 6.54 Å². The highest BCUT2D eigenvalue weighted by Crippen LogP contribution is 2.20. The van der Waals surface area contributed by atoms with Crippen LogP contribution in [0.15, 0.2) is 58.7 Å². The second-order valence-electron chi connectivity index (χ2n) is 5.15. The number of urea groups is 1. The van der Waals surface area contributed by atoms with Gasteiger partial charge in [0.2, 0.25) is 0 Å². The minimum atomic E-state index is -0.436. The van der Waals surface area contributed by atoms with E-state index in [1.165, 1.54) is 46.4 Å². The van der Waals surface area contributed by atoms with E-state index in [0.29, 0.717) is 11.4 Å². The van der Waals surface area contributed by atoms with Gasteiger partial charge < -0.3 is 10.6 Å². The third-order valence-electron chi connectivity index (χ3n) is 3.35. The monoisotopic (exact) mass is 358 g/mol. The summed E-state index contributed by atoms with van der Waals surface area (Å²) < 4.78 is 14.1. The van der Waals surface area contributed by atoms with Crippen molar-refractivity contribution in [2.75, 3.05) is 11.9 Å². The van der Waals surface area contributed by atoms with Crippen LogP contribution in [0.2, 0.25) is 0 Å². The number of nitrogens with one attached hydrogen (secondary N) is 2. The predicted molar refractivity (Wildman–Crippen MR) is 95.2 cm³/mol. The quantitative estimate of drug-likeness (QED) is 0.736. The number of carbonyl (C=O) groups excluding carboxylic acids is 1. The van der Waals surface area contributed by atoms with E-state index < -0.39 is 6.03 Å². The molecule has 0 fully saturated rings. The van der Waals surface area contributed by atoms with Gasteiger partial charge in [0.1, 0.15) is 11.5 Å². The highest BCUT2D eigenvalue weighted by Gasteiger charge is 2.06. The molecule has 0 aliphatic rings. The Hall–Kier alpha value is -3.00. The molecule has 0 aliphatic carbocycles. The minimum absolute atomic E-state index is 0.230. The van der Waals surface area contributed by atoms with Gasteiger partial charge in [-0.15, -0.1) is 11.3 Å². The van der Waals surface area contributed by atoms with Crippen LogP contribution in [-0.2, 0) is 6.54 Å². The first kappa shape index (κ1) is 16.8. The van der Waals surface area contributed by atoms with Crippen LogP contribution in [0.3, 0.4) is 0 Å². The zero-order valence-electron chi connectivity index (χ0n) is 13.1. The van der Waals surface area contributed by atoms with Crippen molar-refractivity contribution in [1.29, 1.82) is 0 Å². The zero-order valence-corrected chi connectivity index (χ0v) is 13.9. The molecule has 2 amide bonds. The van der Waals surface area contributed by atoms with Gasteiger partial charge in [-0.2, -0.15) is 5.10 Å². The van der Waals surface area contributed by atoms with E-state index in [9.17, 15) is 14.0 Å². The third kappa shape index (κ3) is 4.51. The van der Waals surface area contributed by atoms with Crippen molar-refractivity contribution in [3.63, 3.8) is 0 Å². The van der Waals surface area contributed by atoms with E-state index in [1.807, 2.05) is 17.5 Å². The van der Waals surface area contributed by atoms with Gasteiger partial charge in [-0.05, 0) is 41.8 Å². The van der Waals surface area contributed by atoms with Crippen molar-refractivity contribution >= 4 is 23.1 Å². The van der Waals surface area contributed by atoms with Crippen molar-refractivity contribution in [1.82, 2.24) is 15.1 Å². The molecule has 0 aliphatic heterocycles. The van der Waals surface area contributed by atoms with Gasteiger partial charge in [0.15, 0.2) is 0 Å². The van der Waals surface area contributed by atoms with E-state index >= 15 is 0 Å². The molecule has 128 valence electrons. The van der Waals surface area contributed by atoms with E-state index in [2.05, 4.69) is 15.7 Å². The molecule has 2 heterocycles. The van der Waals surface area contributed by atoms with Crippen LogP contribution >= 0.6 is 11.3 Å². The van der Waals surface area contributed by atoms with Crippen molar-refractivity contribution in [2.24, 2.45) is 0 Å². The van der Waals surface area contributed by atoms with E-state index in [1.54, 1.807) is 6.07 Å². The molecule has 0 bridgehead atoms. The SMILES string of the molecule is O=C(NCCn1nc(-c2cccs2)ccc1=O)Nc1ccc(F)cc1. The first-order valence-corrected chi connectivity index (χ1v) is 8.42. The third-order valence-corrected chi connectivity index (χ3v) is 4.24. The Labute approximate surface area is 146 Å². The molecule has 2 aromatic heterocycles. The lowest BCUT2D eigenvalue weighted by Gasteiger charge is -2.09. The lowest BCUT2D eigenvalue weighted by atomic mass is 10.3. The molecule has 3 aromatic rings. The van der Waals surface area contributed by atoms with Crippen molar-refractivity contribution < 1.29 is 9.18 Å². The highest BCUT2D eigenvalue weighted by atomic mass is 32.1. The lowest BCUT2D eigenvalue weighted by Crippen LogP contribution is -2.34. The number of rotatable bonds is 5. The van der Waals surface area contributed by atoms with Crippen LogP contribution in [0.5, 0.6) is 0 Å². The number of hydrogen-bond donors (Lipinski definition) is 2. The van der Waals surface area contributed by atoms with Crippen molar-refractivity contribution in [3.05, 3.63) is 70.1 Å². The molecule has 3 rings (SSSR count). The number of benzene rings is 1. The Kier molecular flexibility index (Phi) is 5.20.